The van der Waals surface area contributed by atoms with Crippen LogP contribution in [0.15, 0.2) is 105 Å². The van der Waals surface area contributed by atoms with Crippen LogP contribution in [0.5, 0.6) is 5.75 Å². The van der Waals surface area contributed by atoms with Crippen molar-refractivity contribution in [2.24, 2.45) is 5.10 Å². The van der Waals surface area contributed by atoms with E-state index in [0.717, 1.165) is 28.4 Å². The molecule has 13 heteroatoms. The normalized spacial score (nSPS) is 11.3. The van der Waals surface area contributed by atoms with Gasteiger partial charge in [0, 0.05) is 22.0 Å². The second kappa shape index (κ2) is 11.8. The Morgan fingerprint density at radius 2 is 1.84 bits per heavy atom. The van der Waals surface area contributed by atoms with E-state index >= 15 is 0 Å². The molecule has 0 aliphatic heterocycles. The van der Waals surface area contributed by atoms with Crippen LogP contribution in [0.25, 0.3) is 33.5 Å². The van der Waals surface area contributed by atoms with Gasteiger partial charge in [-0.05, 0) is 42.5 Å². The number of benzene rings is 4. The maximum Gasteiger partial charge on any atom is 0.313 e. The van der Waals surface area contributed by atoms with E-state index in [9.17, 15) is 24.1 Å². The molecule has 6 rings (SSSR count). The largest absolute Gasteiger partial charge is 0.476 e. The third-order valence-electron chi connectivity index (χ3n) is 6.47. The number of rotatable bonds is 8. The van der Waals surface area contributed by atoms with Gasteiger partial charge in [-0.2, -0.15) is 9.78 Å². The molecule has 0 spiro atoms. The van der Waals surface area contributed by atoms with E-state index in [1.54, 1.807) is 42.5 Å². The van der Waals surface area contributed by atoms with E-state index < -0.39 is 34.5 Å². The second-order valence-corrected chi connectivity index (χ2v) is 9.82. The zero-order chi connectivity index (χ0) is 30.8. The molecule has 0 radical (unpaired) electrons. The number of anilines is 1. The van der Waals surface area contributed by atoms with Crippen LogP contribution in [0.1, 0.15) is 5.56 Å². The molecule has 0 aliphatic carbocycles. The van der Waals surface area contributed by atoms with E-state index in [2.05, 4.69) is 15.4 Å². The van der Waals surface area contributed by atoms with Gasteiger partial charge in [0.15, 0.2) is 12.4 Å². The summed E-state index contributed by atoms with van der Waals surface area (Å²) in [5.74, 6) is -1.46. The van der Waals surface area contributed by atoms with Crippen LogP contribution in [0.3, 0.4) is 0 Å². The third kappa shape index (κ3) is 5.61. The van der Waals surface area contributed by atoms with E-state index in [0.29, 0.717) is 11.1 Å². The predicted molar refractivity (Wildman–Crippen MR) is 163 cm³/mol. The number of halogens is 2. The third-order valence-corrected chi connectivity index (χ3v) is 6.69. The Morgan fingerprint density at radius 3 is 2.64 bits per heavy atom. The summed E-state index contributed by atoms with van der Waals surface area (Å²) in [7, 11) is 0. The highest BCUT2D eigenvalue weighted by Gasteiger charge is 2.23. The number of amides is 1. The summed E-state index contributed by atoms with van der Waals surface area (Å²) in [5.41, 5.74) is -0.226. The zero-order valence-electron chi connectivity index (χ0n) is 22.4. The lowest BCUT2D eigenvalue weighted by molar-refractivity contribution is -0.385. The van der Waals surface area contributed by atoms with E-state index in [1.807, 2.05) is 12.1 Å². The molecule has 0 bridgehead atoms. The first-order valence-corrected chi connectivity index (χ1v) is 13.4. The first-order valence-electron chi connectivity index (χ1n) is 13.0. The van der Waals surface area contributed by atoms with Gasteiger partial charge in [-0.15, -0.1) is 0 Å². The van der Waals surface area contributed by atoms with Crippen LogP contribution >= 0.6 is 11.6 Å². The molecule has 0 aliphatic rings. The zero-order valence-corrected chi connectivity index (χ0v) is 23.2. The topological polar surface area (TPSA) is 142 Å². The summed E-state index contributed by atoms with van der Waals surface area (Å²) >= 11 is 6.18. The minimum absolute atomic E-state index is 0.0153. The number of hydrogen-bond acceptors (Lipinski definition) is 8. The number of ether oxygens (including phenoxy) is 1. The SMILES string of the molecule is O=C(COc1c(C=Nn2c(-c3cc4ccccc4o3)nc3ccccc3c2=O)cc(Cl)cc1[N+](=O)[O-])Nc1ccccc1F. The molecule has 1 amide bonds. The average molecular weight is 612 g/mol. The Morgan fingerprint density at radius 1 is 1.09 bits per heavy atom. The Labute approximate surface area is 251 Å². The summed E-state index contributed by atoms with van der Waals surface area (Å²) in [4.78, 5) is 41.9. The molecule has 2 heterocycles. The molecule has 0 fully saturated rings. The number of nitrogens with zero attached hydrogens (tertiary/aromatic N) is 4. The molecule has 0 unspecified atom stereocenters. The van der Waals surface area contributed by atoms with Crippen molar-refractivity contribution in [2.75, 3.05) is 11.9 Å². The summed E-state index contributed by atoms with van der Waals surface area (Å²) in [6, 6.07) is 23.5. The molecule has 4 aromatic carbocycles. The first kappa shape index (κ1) is 28.2. The smallest absolute Gasteiger partial charge is 0.313 e. The van der Waals surface area contributed by atoms with E-state index in [4.69, 9.17) is 20.8 Å². The van der Waals surface area contributed by atoms with Crippen LogP contribution < -0.4 is 15.6 Å². The van der Waals surface area contributed by atoms with Gasteiger partial charge >= 0.3 is 5.69 Å². The minimum Gasteiger partial charge on any atom is -0.476 e. The summed E-state index contributed by atoms with van der Waals surface area (Å²) in [6.07, 6.45) is 1.13. The van der Waals surface area contributed by atoms with Crippen molar-refractivity contribution < 1.29 is 23.3 Å². The fourth-order valence-corrected chi connectivity index (χ4v) is 4.70. The number of para-hydroxylation sites is 3. The molecular weight excluding hydrogens is 593 g/mol. The lowest BCUT2D eigenvalue weighted by Crippen LogP contribution is -2.22. The molecule has 1 N–H and O–H groups in total. The number of carbonyl (C=O) groups excluding carboxylic acids is 1. The highest BCUT2D eigenvalue weighted by atomic mass is 35.5. The fourth-order valence-electron chi connectivity index (χ4n) is 4.48. The van der Waals surface area contributed by atoms with Gasteiger partial charge in [0.1, 0.15) is 11.4 Å². The maximum absolute atomic E-state index is 14.0. The fraction of sp³-hybridized carbons (Fsp3) is 0.0323. The second-order valence-electron chi connectivity index (χ2n) is 9.38. The quantitative estimate of drug-likeness (QED) is 0.119. The number of aromatic nitrogens is 2. The molecule has 0 saturated carbocycles. The number of hydrogen-bond donors (Lipinski definition) is 1. The lowest BCUT2D eigenvalue weighted by atomic mass is 10.2. The summed E-state index contributed by atoms with van der Waals surface area (Å²) in [6.45, 7) is -0.709. The molecule has 2 aromatic heterocycles. The van der Waals surface area contributed by atoms with Crippen LogP contribution in [-0.4, -0.2) is 33.3 Å². The Bertz CT molecular complexity index is 2140. The van der Waals surface area contributed by atoms with Crippen LogP contribution in [0.2, 0.25) is 5.02 Å². The van der Waals surface area contributed by atoms with Crippen molar-refractivity contribution in [1.29, 1.82) is 0 Å². The van der Waals surface area contributed by atoms with Crippen molar-refractivity contribution in [2.45, 2.75) is 0 Å². The van der Waals surface area contributed by atoms with Crippen molar-refractivity contribution in [3.8, 4) is 17.3 Å². The highest BCUT2D eigenvalue weighted by molar-refractivity contribution is 6.31. The van der Waals surface area contributed by atoms with Gasteiger partial charge < -0.3 is 14.5 Å². The van der Waals surface area contributed by atoms with Gasteiger partial charge in [0.05, 0.1) is 27.7 Å². The van der Waals surface area contributed by atoms with Gasteiger partial charge in [0.2, 0.25) is 11.6 Å². The predicted octanol–water partition coefficient (Wildman–Crippen LogP) is 6.41. The summed E-state index contributed by atoms with van der Waals surface area (Å²) < 4.78 is 26.5. The molecular formula is C31H19ClFN5O6. The van der Waals surface area contributed by atoms with Gasteiger partial charge in [-0.3, -0.25) is 19.7 Å². The molecule has 11 nitrogen and oxygen atoms in total. The first-order chi connectivity index (χ1) is 21.3. The highest BCUT2D eigenvalue weighted by Crippen LogP contribution is 2.34. The van der Waals surface area contributed by atoms with Gasteiger partial charge in [-0.25, -0.2) is 9.37 Å². The van der Waals surface area contributed by atoms with Gasteiger partial charge in [-0.1, -0.05) is 54.1 Å². The van der Waals surface area contributed by atoms with Crippen molar-refractivity contribution >= 4 is 57.0 Å². The number of fused-ring (bicyclic) bond motifs is 2. The molecule has 0 saturated heterocycles. The maximum atomic E-state index is 14.0. The standard InChI is InChI=1S/C31H19ClFN5O6/c32-20-13-19(29(25(15-20)38(41)42)43-17-28(39)35-24-11-5-3-9-22(24)33)16-34-37-30(27-14-18-7-1-6-12-26(18)44-27)36-23-10-4-2-8-21(23)31(37)40/h1-16H,17H2,(H,35,39). The summed E-state index contributed by atoms with van der Waals surface area (Å²) in [5, 5.41) is 19.6. The van der Waals surface area contributed by atoms with Crippen molar-refractivity contribution in [3.05, 3.63) is 128 Å². The molecule has 218 valence electrons. The lowest BCUT2D eigenvalue weighted by Gasteiger charge is -2.11. The Kier molecular flexibility index (Phi) is 7.56. The molecule has 6 aromatic rings. The van der Waals surface area contributed by atoms with Crippen LogP contribution in [-0.2, 0) is 4.79 Å². The van der Waals surface area contributed by atoms with Gasteiger partial charge in [0.25, 0.3) is 11.5 Å². The number of furan rings is 1. The molecule has 44 heavy (non-hydrogen) atoms. The molecule has 0 atom stereocenters. The van der Waals surface area contributed by atoms with E-state index in [1.165, 1.54) is 24.3 Å². The van der Waals surface area contributed by atoms with Crippen LogP contribution in [0, 0.1) is 15.9 Å². The van der Waals surface area contributed by atoms with Crippen molar-refractivity contribution in [1.82, 2.24) is 9.66 Å². The monoisotopic (exact) mass is 611 g/mol. The van der Waals surface area contributed by atoms with Crippen molar-refractivity contribution in [3.63, 3.8) is 0 Å². The number of nitro benzene ring substituents is 1. The minimum atomic E-state index is -0.774. The van der Waals surface area contributed by atoms with Crippen LogP contribution in [0.4, 0.5) is 15.8 Å². The number of nitro groups is 1. The number of carbonyl (C=O) groups is 1. The number of nitrogens with one attached hydrogen (secondary N) is 1. The average Bonchev–Trinajstić information content (AvgIpc) is 3.45. The Balaban J connectivity index is 1.42. The Hall–Kier alpha value is -5.88. The van der Waals surface area contributed by atoms with E-state index in [-0.39, 0.29) is 39.0 Å².